The Bertz CT molecular complexity index is 646. The molecule has 0 atom stereocenters. The molecular formula is C15H22N4O3. The van der Waals surface area contributed by atoms with Gasteiger partial charge in [-0.2, -0.15) is 0 Å². The molecule has 0 spiro atoms. The van der Waals surface area contributed by atoms with Gasteiger partial charge in [0, 0.05) is 12.6 Å². The van der Waals surface area contributed by atoms with Gasteiger partial charge in [-0.15, -0.1) is 0 Å². The summed E-state index contributed by atoms with van der Waals surface area (Å²) in [5.41, 5.74) is 1.60. The number of aromatic nitrogens is 2. The highest BCUT2D eigenvalue weighted by atomic mass is 16.6. The highest BCUT2D eigenvalue weighted by molar-refractivity contribution is 5.93. The fourth-order valence-corrected chi connectivity index (χ4v) is 2.32. The van der Waals surface area contributed by atoms with Gasteiger partial charge >= 0.3 is 5.69 Å². The minimum absolute atomic E-state index is 0.0908. The monoisotopic (exact) mass is 306 g/mol. The highest BCUT2D eigenvalue weighted by Crippen LogP contribution is 2.28. The van der Waals surface area contributed by atoms with Crippen LogP contribution in [-0.4, -0.2) is 21.8 Å². The Hall–Kier alpha value is -2.18. The number of nitrogens with one attached hydrogen (secondary N) is 1. The van der Waals surface area contributed by atoms with Crippen LogP contribution in [0.1, 0.15) is 46.5 Å². The molecule has 1 aromatic heterocycles. The van der Waals surface area contributed by atoms with Gasteiger partial charge in [-0.1, -0.05) is 33.6 Å². The van der Waals surface area contributed by atoms with Crippen molar-refractivity contribution in [3.05, 3.63) is 22.2 Å². The number of nitrogens with zero attached hydrogens (tertiary/aromatic N) is 3. The number of non-ortho nitro benzene ring substituents is 1. The summed E-state index contributed by atoms with van der Waals surface area (Å²) < 4.78 is 4.63. The topological polar surface area (TPSA) is 94.1 Å². The number of nitro benzene ring substituents is 1. The number of unbranched alkanes of at least 4 members (excludes halogenated alkanes) is 2. The second-order valence-electron chi connectivity index (χ2n) is 6.65. The Labute approximate surface area is 129 Å². The van der Waals surface area contributed by atoms with Crippen molar-refractivity contribution in [3.8, 4) is 0 Å². The number of hydrogen-bond donors (Lipinski definition) is 1. The van der Waals surface area contributed by atoms with Crippen LogP contribution in [0, 0.1) is 15.5 Å². The van der Waals surface area contributed by atoms with E-state index in [1.165, 1.54) is 18.9 Å². The predicted molar refractivity (Wildman–Crippen MR) is 84.9 cm³/mol. The Morgan fingerprint density at radius 2 is 1.91 bits per heavy atom. The Kier molecular flexibility index (Phi) is 4.95. The SMILES string of the molecule is CC(C)(C)CCCCCNc1ccc([N+](=O)[O-])c2nonc12. The standard InChI is InChI=1S/C15H22N4O3/c1-15(2,3)9-5-4-6-10-16-11-7-8-12(19(20)21)14-13(11)17-22-18-14/h7-8,16H,4-6,9-10H2,1-3H3. The zero-order valence-corrected chi connectivity index (χ0v) is 13.3. The van der Waals surface area contributed by atoms with Gasteiger partial charge in [-0.3, -0.25) is 10.1 Å². The molecule has 1 aromatic carbocycles. The summed E-state index contributed by atoms with van der Waals surface area (Å²) in [7, 11) is 0. The van der Waals surface area contributed by atoms with Crippen LogP contribution in [0.2, 0.25) is 0 Å². The number of hydrogen-bond acceptors (Lipinski definition) is 6. The number of benzene rings is 1. The number of anilines is 1. The maximum atomic E-state index is 10.9. The highest BCUT2D eigenvalue weighted by Gasteiger charge is 2.19. The second-order valence-corrected chi connectivity index (χ2v) is 6.65. The zero-order chi connectivity index (χ0) is 16.2. The van der Waals surface area contributed by atoms with Crippen molar-refractivity contribution in [3.63, 3.8) is 0 Å². The van der Waals surface area contributed by atoms with Gasteiger partial charge in [0.25, 0.3) is 0 Å². The molecule has 1 heterocycles. The molecule has 0 fully saturated rings. The summed E-state index contributed by atoms with van der Waals surface area (Å²) in [4.78, 5) is 10.4. The lowest BCUT2D eigenvalue weighted by Crippen LogP contribution is -2.06. The molecule has 7 nitrogen and oxygen atoms in total. The molecule has 1 N–H and O–H groups in total. The number of nitro groups is 1. The van der Waals surface area contributed by atoms with Crippen molar-refractivity contribution in [1.29, 1.82) is 0 Å². The van der Waals surface area contributed by atoms with Gasteiger partial charge in [0.2, 0.25) is 5.52 Å². The van der Waals surface area contributed by atoms with E-state index in [4.69, 9.17) is 0 Å². The van der Waals surface area contributed by atoms with E-state index in [0.29, 0.717) is 10.9 Å². The van der Waals surface area contributed by atoms with Gasteiger partial charge in [0.05, 0.1) is 10.6 Å². The summed E-state index contributed by atoms with van der Waals surface area (Å²) in [6, 6.07) is 3.08. The average molecular weight is 306 g/mol. The maximum Gasteiger partial charge on any atom is 0.300 e. The fourth-order valence-electron chi connectivity index (χ4n) is 2.32. The quantitative estimate of drug-likeness (QED) is 0.469. The summed E-state index contributed by atoms with van der Waals surface area (Å²) in [6.07, 6.45) is 4.60. The minimum Gasteiger partial charge on any atom is -0.383 e. The molecule has 120 valence electrons. The third-order valence-corrected chi connectivity index (χ3v) is 3.51. The molecule has 0 aliphatic heterocycles. The van der Waals surface area contributed by atoms with E-state index in [9.17, 15) is 10.1 Å². The lowest BCUT2D eigenvalue weighted by Gasteiger charge is -2.17. The Balaban J connectivity index is 1.89. The Morgan fingerprint density at radius 1 is 1.18 bits per heavy atom. The van der Waals surface area contributed by atoms with Crippen LogP contribution < -0.4 is 5.32 Å². The molecule has 0 aliphatic rings. The normalized spacial score (nSPS) is 11.8. The molecule has 0 amide bonds. The van der Waals surface area contributed by atoms with Crippen LogP contribution in [0.3, 0.4) is 0 Å². The summed E-state index contributed by atoms with van der Waals surface area (Å²) in [5, 5.41) is 21.5. The molecule has 0 aliphatic carbocycles. The van der Waals surface area contributed by atoms with E-state index in [1.807, 2.05) is 0 Å². The van der Waals surface area contributed by atoms with Crippen LogP contribution in [0.15, 0.2) is 16.8 Å². The zero-order valence-electron chi connectivity index (χ0n) is 13.3. The maximum absolute atomic E-state index is 10.9. The molecular weight excluding hydrogens is 284 g/mol. The number of fused-ring (bicyclic) bond motifs is 1. The molecule has 2 aromatic rings. The molecule has 0 unspecified atom stereocenters. The van der Waals surface area contributed by atoms with E-state index in [0.717, 1.165) is 25.1 Å². The van der Waals surface area contributed by atoms with Crippen LogP contribution in [0.4, 0.5) is 11.4 Å². The van der Waals surface area contributed by atoms with E-state index in [2.05, 4.69) is 41.0 Å². The first-order chi connectivity index (χ1) is 10.4. The third-order valence-electron chi connectivity index (χ3n) is 3.51. The first kappa shape index (κ1) is 16.2. The van der Waals surface area contributed by atoms with Crippen LogP contribution in [0.25, 0.3) is 11.0 Å². The van der Waals surface area contributed by atoms with Crippen molar-refractivity contribution in [2.24, 2.45) is 5.41 Å². The molecule has 0 bridgehead atoms. The summed E-state index contributed by atoms with van der Waals surface area (Å²) >= 11 is 0. The van der Waals surface area contributed by atoms with Crippen molar-refractivity contribution in [1.82, 2.24) is 10.3 Å². The summed E-state index contributed by atoms with van der Waals surface area (Å²) in [6.45, 7) is 7.53. The van der Waals surface area contributed by atoms with Gasteiger partial charge in [0.15, 0.2) is 5.52 Å². The predicted octanol–water partition coefficient (Wildman–Crippen LogP) is 4.15. The van der Waals surface area contributed by atoms with Gasteiger partial charge in [-0.25, -0.2) is 4.63 Å². The van der Waals surface area contributed by atoms with E-state index in [-0.39, 0.29) is 11.2 Å². The van der Waals surface area contributed by atoms with Crippen LogP contribution in [0.5, 0.6) is 0 Å². The molecule has 7 heteroatoms. The van der Waals surface area contributed by atoms with E-state index >= 15 is 0 Å². The van der Waals surface area contributed by atoms with Crippen LogP contribution >= 0.6 is 0 Å². The lowest BCUT2D eigenvalue weighted by atomic mass is 9.89. The second kappa shape index (κ2) is 6.72. The third kappa shape index (κ3) is 4.16. The van der Waals surface area contributed by atoms with Gasteiger partial charge < -0.3 is 5.32 Å². The van der Waals surface area contributed by atoms with Crippen molar-refractivity contribution < 1.29 is 9.55 Å². The fraction of sp³-hybridized carbons (Fsp3) is 0.600. The lowest BCUT2D eigenvalue weighted by molar-refractivity contribution is -0.383. The van der Waals surface area contributed by atoms with E-state index < -0.39 is 4.92 Å². The first-order valence-corrected chi connectivity index (χ1v) is 7.52. The molecule has 0 saturated heterocycles. The summed E-state index contributed by atoms with van der Waals surface area (Å²) in [5.74, 6) is 0. The smallest absolute Gasteiger partial charge is 0.300 e. The number of rotatable bonds is 7. The molecule has 0 saturated carbocycles. The molecule has 0 radical (unpaired) electrons. The van der Waals surface area contributed by atoms with Crippen molar-refractivity contribution >= 4 is 22.4 Å². The molecule has 2 rings (SSSR count). The molecule has 22 heavy (non-hydrogen) atoms. The van der Waals surface area contributed by atoms with Crippen molar-refractivity contribution in [2.75, 3.05) is 11.9 Å². The average Bonchev–Trinajstić information content (AvgIpc) is 2.90. The Morgan fingerprint density at radius 3 is 2.59 bits per heavy atom. The van der Waals surface area contributed by atoms with Crippen LogP contribution in [-0.2, 0) is 0 Å². The van der Waals surface area contributed by atoms with Crippen molar-refractivity contribution in [2.45, 2.75) is 46.5 Å². The van der Waals surface area contributed by atoms with Gasteiger partial charge in [0.1, 0.15) is 0 Å². The largest absolute Gasteiger partial charge is 0.383 e. The van der Waals surface area contributed by atoms with E-state index in [1.54, 1.807) is 6.07 Å². The minimum atomic E-state index is -0.483. The van der Waals surface area contributed by atoms with Gasteiger partial charge in [-0.05, 0) is 34.6 Å². The first-order valence-electron chi connectivity index (χ1n) is 7.52.